The molecule has 1 N–H and O–H groups in total. The van der Waals surface area contributed by atoms with Crippen molar-refractivity contribution in [2.24, 2.45) is 5.92 Å². The standard InChI is InChI=1S/C21H30ClN3O/c1-4-5-11-23-21(26)25(14-17(2)3)16-20-10-7-12-24(20)15-18-8-6-9-19(22)13-18/h6-10,12-13,17H,4-5,11,14-16H2,1-3H3,(H,23,26). The summed E-state index contributed by atoms with van der Waals surface area (Å²) in [6.45, 7) is 9.21. The molecule has 2 rings (SSSR count). The second-order valence-electron chi connectivity index (χ2n) is 7.12. The first-order chi connectivity index (χ1) is 12.5. The minimum Gasteiger partial charge on any atom is -0.345 e. The zero-order valence-electron chi connectivity index (χ0n) is 16.0. The fourth-order valence-corrected chi connectivity index (χ4v) is 3.13. The lowest BCUT2D eigenvalue weighted by Crippen LogP contribution is -2.42. The summed E-state index contributed by atoms with van der Waals surface area (Å²) in [4.78, 5) is 14.5. The number of aromatic nitrogens is 1. The van der Waals surface area contributed by atoms with Crippen molar-refractivity contribution in [2.75, 3.05) is 13.1 Å². The van der Waals surface area contributed by atoms with Crippen molar-refractivity contribution in [3.8, 4) is 0 Å². The number of carbonyl (C=O) groups excluding carboxylic acids is 1. The molecule has 0 aliphatic heterocycles. The molecule has 2 amide bonds. The summed E-state index contributed by atoms with van der Waals surface area (Å²) in [6, 6.07) is 12.0. The predicted octanol–water partition coefficient (Wildman–Crippen LogP) is 5.16. The Kier molecular flexibility index (Phi) is 8.05. The number of urea groups is 1. The summed E-state index contributed by atoms with van der Waals surface area (Å²) in [5.41, 5.74) is 2.27. The number of rotatable bonds is 9. The average molecular weight is 376 g/mol. The highest BCUT2D eigenvalue weighted by molar-refractivity contribution is 6.30. The first-order valence-corrected chi connectivity index (χ1v) is 9.78. The van der Waals surface area contributed by atoms with Crippen LogP contribution in [0.2, 0.25) is 5.02 Å². The monoisotopic (exact) mass is 375 g/mol. The number of benzene rings is 1. The molecule has 142 valence electrons. The van der Waals surface area contributed by atoms with Gasteiger partial charge in [-0.3, -0.25) is 0 Å². The van der Waals surface area contributed by atoms with Crippen molar-refractivity contribution in [1.29, 1.82) is 0 Å². The average Bonchev–Trinajstić information content (AvgIpc) is 3.01. The van der Waals surface area contributed by atoms with Crippen molar-refractivity contribution in [1.82, 2.24) is 14.8 Å². The Labute approximate surface area is 162 Å². The molecule has 0 aliphatic carbocycles. The Morgan fingerprint density at radius 1 is 1.27 bits per heavy atom. The highest BCUT2D eigenvalue weighted by Gasteiger charge is 2.16. The third-order valence-electron chi connectivity index (χ3n) is 4.20. The summed E-state index contributed by atoms with van der Waals surface area (Å²) in [5.74, 6) is 0.420. The molecule has 1 heterocycles. The molecule has 0 aliphatic rings. The maximum atomic E-state index is 12.6. The van der Waals surface area contributed by atoms with E-state index in [0.29, 0.717) is 12.5 Å². The van der Waals surface area contributed by atoms with Gasteiger partial charge in [-0.15, -0.1) is 0 Å². The molecule has 1 aromatic heterocycles. The van der Waals surface area contributed by atoms with E-state index in [1.54, 1.807) is 0 Å². The van der Waals surface area contributed by atoms with Gasteiger partial charge in [-0.05, 0) is 42.2 Å². The van der Waals surface area contributed by atoms with Gasteiger partial charge in [-0.25, -0.2) is 4.79 Å². The van der Waals surface area contributed by atoms with Gasteiger partial charge in [0.1, 0.15) is 0 Å². The van der Waals surface area contributed by atoms with E-state index >= 15 is 0 Å². The number of hydrogen-bond acceptors (Lipinski definition) is 1. The van der Waals surface area contributed by atoms with Crippen molar-refractivity contribution in [3.05, 3.63) is 58.9 Å². The quantitative estimate of drug-likeness (QED) is 0.604. The fraction of sp³-hybridized carbons (Fsp3) is 0.476. The minimum atomic E-state index is 0.0163. The minimum absolute atomic E-state index is 0.0163. The van der Waals surface area contributed by atoms with Gasteiger partial charge in [0.2, 0.25) is 0 Å². The molecule has 2 aromatic rings. The van der Waals surface area contributed by atoms with Crippen LogP contribution in [0.4, 0.5) is 4.79 Å². The third kappa shape index (κ3) is 6.41. The SMILES string of the molecule is CCCCNC(=O)N(Cc1cccn1Cc1cccc(Cl)c1)CC(C)C. The van der Waals surface area contributed by atoms with Crippen LogP contribution in [0, 0.1) is 5.92 Å². The molecule has 0 saturated carbocycles. The van der Waals surface area contributed by atoms with Crippen LogP contribution in [0.25, 0.3) is 0 Å². The maximum absolute atomic E-state index is 12.6. The van der Waals surface area contributed by atoms with E-state index in [-0.39, 0.29) is 6.03 Å². The molecule has 0 spiro atoms. The zero-order chi connectivity index (χ0) is 18.9. The molecule has 4 nitrogen and oxygen atoms in total. The molecule has 0 unspecified atom stereocenters. The van der Waals surface area contributed by atoms with Crippen LogP contribution < -0.4 is 5.32 Å². The molecular formula is C21H30ClN3O. The van der Waals surface area contributed by atoms with E-state index in [4.69, 9.17) is 11.6 Å². The summed E-state index contributed by atoms with van der Waals surface area (Å²) >= 11 is 6.10. The number of carbonyl (C=O) groups is 1. The molecule has 0 fully saturated rings. The van der Waals surface area contributed by atoms with Crippen molar-refractivity contribution >= 4 is 17.6 Å². The Balaban J connectivity index is 2.08. The van der Waals surface area contributed by atoms with E-state index < -0.39 is 0 Å². The van der Waals surface area contributed by atoms with Crippen molar-refractivity contribution in [3.63, 3.8) is 0 Å². The van der Waals surface area contributed by atoms with Crippen LogP contribution in [0.1, 0.15) is 44.9 Å². The Morgan fingerprint density at radius 2 is 2.08 bits per heavy atom. The zero-order valence-corrected chi connectivity index (χ0v) is 16.8. The third-order valence-corrected chi connectivity index (χ3v) is 4.43. The van der Waals surface area contributed by atoms with Gasteiger partial charge in [0.25, 0.3) is 0 Å². The van der Waals surface area contributed by atoms with E-state index in [1.807, 2.05) is 29.2 Å². The number of amides is 2. The molecule has 0 saturated heterocycles. The number of nitrogens with zero attached hydrogens (tertiary/aromatic N) is 2. The highest BCUT2D eigenvalue weighted by atomic mass is 35.5. The van der Waals surface area contributed by atoms with Gasteiger partial charge in [-0.2, -0.15) is 0 Å². The van der Waals surface area contributed by atoms with Crippen LogP contribution in [-0.2, 0) is 13.1 Å². The van der Waals surface area contributed by atoms with Gasteiger partial charge in [0.15, 0.2) is 0 Å². The van der Waals surface area contributed by atoms with Crippen LogP contribution in [-0.4, -0.2) is 28.6 Å². The topological polar surface area (TPSA) is 37.3 Å². The predicted molar refractivity (Wildman–Crippen MR) is 109 cm³/mol. The lowest BCUT2D eigenvalue weighted by Gasteiger charge is -2.25. The molecule has 5 heteroatoms. The smallest absolute Gasteiger partial charge is 0.317 e. The van der Waals surface area contributed by atoms with E-state index in [9.17, 15) is 4.79 Å². The van der Waals surface area contributed by atoms with Gasteiger partial charge in [0, 0.05) is 36.5 Å². The molecular weight excluding hydrogens is 346 g/mol. The largest absolute Gasteiger partial charge is 0.345 e. The Bertz CT molecular complexity index is 696. The normalized spacial score (nSPS) is 11.0. The van der Waals surface area contributed by atoms with Crippen molar-refractivity contribution < 1.29 is 4.79 Å². The Hall–Kier alpha value is -1.94. The van der Waals surface area contributed by atoms with Gasteiger partial charge in [0.05, 0.1) is 6.54 Å². The number of unbranched alkanes of at least 4 members (excludes halogenated alkanes) is 1. The first kappa shape index (κ1) is 20.4. The first-order valence-electron chi connectivity index (χ1n) is 9.40. The van der Waals surface area contributed by atoms with Crippen LogP contribution in [0.15, 0.2) is 42.6 Å². The van der Waals surface area contributed by atoms with Crippen LogP contribution in [0.5, 0.6) is 0 Å². The molecule has 26 heavy (non-hydrogen) atoms. The summed E-state index contributed by atoms with van der Waals surface area (Å²) < 4.78 is 2.18. The lowest BCUT2D eigenvalue weighted by atomic mass is 10.2. The van der Waals surface area contributed by atoms with Gasteiger partial charge >= 0.3 is 6.03 Å². The number of nitrogens with one attached hydrogen (secondary N) is 1. The molecule has 0 radical (unpaired) electrons. The lowest BCUT2D eigenvalue weighted by molar-refractivity contribution is 0.186. The van der Waals surface area contributed by atoms with Gasteiger partial charge < -0.3 is 14.8 Å². The second-order valence-corrected chi connectivity index (χ2v) is 7.55. The van der Waals surface area contributed by atoms with Crippen LogP contribution >= 0.6 is 11.6 Å². The number of hydrogen-bond donors (Lipinski definition) is 1. The highest BCUT2D eigenvalue weighted by Crippen LogP contribution is 2.15. The molecule has 0 bridgehead atoms. The second kappa shape index (κ2) is 10.3. The van der Waals surface area contributed by atoms with E-state index in [0.717, 1.165) is 48.8 Å². The summed E-state index contributed by atoms with van der Waals surface area (Å²) in [5, 5.41) is 3.78. The molecule has 1 aromatic carbocycles. The van der Waals surface area contributed by atoms with Gasteiger partial charge in [-0.1, -0.05) is 50.9 Å². The number of halogens is 1. The Morgan fingerprint density at radius 3 is 2.77 bits per heavy atom. The molecule has 0 atom stereocenters. The summed E-state index contributed by atoms with van der Waals surface area (Å²) in [7, 11) is 0. The van der Waals surface area contributed by atoms with E-state index in [1.165, 1.54) is 0 Å². The van der Waals surface area contributed by atoms with Crippen molar-refractivity contribution in [2.45, 2.75) is 46.7 Å². The maximum Gasteiger partial charge on any atom is 0.317 e. The van der Waals surface area contributed by atoms with E-state index in [2.05, 4.69) is 49.0 Å². The van der Waals surface area contributed by atoms with Crippen LogP contribution in [0.3, 0.4) is 0 Å². The summed E-state index contributed by atoms with van der Waals surface area (Å²) in [6.07, 6.45) is 4.14. The fourth-order valence-electron chi connectivity index (χ4n) is 2.92.